The summed E-state index contributed by atoms with van der Waals surface area (Å²) in [7, 11) is -1.11. The standard InChI is InChI=1S/C15H13ClINO5S/c1-22-14-6-4-10(8-13(14)17)24(20,21)18-9-3-5-12(16)11(7-9)15(19)23-2/h3-8,18H,1-2H3. The Hall–Kier alpha value is -1.52. The Morgan fingerprint density at radius 1 is 1.17 bits per heavy atom. The molecule has 6 nitrogen and oxygen atoms in total. The topological polar surface area (TPSA) is 81.7 Å². The molecule has 0 fully saturated rings. The van der Waals surface area contributed by atoms with Gasteiger partial charge >= 0.3 is 5.97 Å². The smallest absolute Gasteiger partial charge is 0.339 e. The summed E-state index contributed by atoms with van der Waals surface area (Å²) in [6.07, 6.45) is 0. The Balaban J connectivity index is 2.36. The number of methoxy groups -OCH3 is 2. The van der Waals surface area contributed by atoms with E-state index in [-0.39, 0.29) is 21.2 Å². The molecule has 0 aliphatic carbocycles. The number of esters is 1. The van der Waals surface area contributed by atoms with Gasteiger partial charge in [-0.1, -0.05) is 11.6 Å². The lowest BCUT2D eigenvalue weighted by molar-refractivity contribution is 0.0601. The van der Waals surface area contributed by atoms with Crippen molar-refractivity contribution in [2.24, 2.45) is 0 Å². The number of carbonyl (C=O) groups excluding carboxylic acids is 1. The molecular weight excluding hydrogens is 469 g/mol. The molecule has 0 aromatic heterocycles. The fourth-order valence-electron chi connectivity index (χ4n) is 1.88. The molecule has 2 aromatic carbocycles. The van der Waals surface area contributed by atoms with Gasteiger partial charge in [0.15, 0.2) is 0 Å². The van der Waals surface area contributed by atoms with Crippen LogP contribution in [-0.2, 0) is 14.8 Å². The first-order chi connectivity index (χ1) is 11.3. The van der Waals surface area contributed by atoms with Crippen molar-refractivity contribution in [2.75, 3.05) is 18.9 Å². The quantitative estimate of drug-likeness (QED) is 0.522. The summed E-state index contributed by atoms with van der Waals surface area (Å²) in [5.74, 6) is -0.0749. The fourth-order valence-corrected chi connectivity index (χ4v) is 4.10. The van der Waals surface area contributed by atoms with Crippen LogP contribution in [0.25, 0.3) is 0 Å². The number of hydrogen-bond acceptors (Lipinski definition) is 5. The third-order valence-electron chi connectivity index (χ3n) is 3.06. The van der Waals surface area contributed by atoms with Crippen LogP contribution >= 0.6 is 34.2 Å². The molecule has 0 saturated heterocycles. The molecule has 0 saturated carbocycles. The van der Waals surface area contributed by atoms with Crippen LogP contribution in [0, 0.1) is 3.57 Å². The zero-order valence-corrected chi connectivity index (χ0v) is 16.4. The van der Waals surface area contributed by atoms with E-state index in [1.165, 1.54) is 44.6 Å². The average molecular weight is 482 g/mol. The van der Waals surface area contributed by atoms with Gasteiger partial charge in [0.25, 0.3) is 10.0 Å². The van der Waals surface area contributed by atoms with Gasteiger partial charge in [-0.3, -0.25) is 4.72 Å². The van der Waals surface area contributed by atoms with Crippen molar-refractivity contribution >= 4 is 55.9 Å². The van der Waals surface area contributed by atoms with E-state index in [1.807, 2.05) is 22.6 Å². The minimum atomic E-state index is -3.83. The maximum atomic E-state index is 12.5. The predicted molar refractivity (Wildman–Crippen MR) is 99.3 cm³/mol. The maximum absolute atomic E-state index is 12.5. The van der Waals surface area contributed by atoms with Crippen molar-refractivity contribution in [3.8, 4) is 5.75 Å². The van der Waals surface area contributed by atoms with Crippen LogP contribution in [0.5, 0.6) is 5.75 Å². The van der Waals surface area contributed by atoms with Gasteiger partial charge in [0.2, 0.25) is 0 Å². The highest BCUT2D eigenvalue weighted by Gasteiger charge is 2.18. The first-order valence-electron chi connectivity index (χ1n) is 6.52. The molecule has 0 heterocycles. The number of nitrogens with one attached hydrogen (secondary N) is 1. The van der Waals surface area contributed by atoms with E-state index in [4.69, 9.17) is 16.3 Å². The van der Waals surface area contributed by atoms with Crippen molar-refractivity contribution in [3.63, 3.8) is 0 Å². The van der Waals surface area contributed by atoms with Crippen LogP contribution in [0.2, 0.25) is 5.02 Å². The molecule has 128 valence electrons. The van der Waals surface area contributed by atoms with Crippen LogP contribution in [0.1, 0.15) is 10.4 Å². The van der Waals surface area contributed by atoms with E-state index in [2.05, 4.69) is 9.46 Å². The summed E-state index contributed by atoms with van der Waals surface area (Å²) < 4.78 is 37.8. The lowest BCUT2D eigenvalue weighted by atomic mass is 10.2. The molecule has 0 bridgehead atoms. The van der Waals surface area contributed by atoms with Crippen LogP contribution in [0.15, 0.2) is 41.3 Å². The molecular formula is C15H13ClINO5S. The maximum Gasteiger partial charge on any atom is 0.339 e. The Labute approximate surface area is 158 Å². The van der Waals surface area contributed by atoms with Crippen LogP contribution in [-0.4, -0.2) is 28.6 Å². The molecule has 2 rings (SSSR count). The summed E-state index contributed by atoms with van der Waals surface area (Å²) in [5, 5.41) is 0.170. The third-order valence-corrected chi connectivity index (χ3v) is 5.61. The Kier molecular flexibility index (Phi) is 5.94. The number of halogens is 2. The largest absolute Gasteiger partial charge is 0.496 e. The van der Waals surface area contributed by atoms with Crippen LogP contribution in [0.3, 0.4) is 0 Å². The van der Waals surface area contributed by atoms with Crippen LogP contribution in [0.4, 0.5) is 5.69 Å². The Bertz CT molecular complexity index is 885. The lowest BCUT2D eigenvalue weighted by Crippen LogP contribution is -2.14. The second-order valence-corrected chi connectivity index (χ2v) is 7.84. The van der Waals surface area contributed by atoms with E-state index in [0.717, 1.165) is 0 Å². The normalized spacial score (nSPS) is 11.0. The van der Waals surface area contributed by atoms with E-state index in [1.54, 1.807) is 6.07 Å². The molecule has 1 N–H and O–H groups in total. The molecule has 0 unspecified atom stereocenters. The monoisotopic (exact) mass is 481 g/mol. The van der Waals surface area contributed by atoms with Crippen molar-refractivity contribution in [3.05, 3.63) is 50.6 Å². The molecule has 2 aromatic rings. The number of ether oxygens (including phenoxy) is 2. The van der Waals surface area contributed by atoms with E-state index >= 15 is 0 Å². The summed E-state index contributed by atoms with van der Waals surface area (Å²) in [6, 6.07) is 8.68. The number of sulfonamides is 1. The Morgan fingerprint density at radius 3 is 2.46 bits per heavy atom. The molecule has 0 atom stereocenters. The number of rotatable bonds is 5. The van der Waals surface area contributed by atoms with Gasteiger partial charge in [-0.15, -0.1) is 0 Å². The molecule has 0 spiro atoms. The first kappa shape index (κ1) is 18.8. The molecule has 0 aliphatic rings. The molecule has 0 amide bonds. The average Bonchev–Trinajstić information content (AvgIpc) is 2.55. The second kappa shape index (κ2) is 7.58. The molecule has 9 heteroatoms. The van der Waals surface area contributed by atoms with Gasteiger partial charge in [0, 0.05) is 5.69 Å². The molecule has 24 heavy (non-hydrogen) atoms. The third kappa shape index (κ3) is 4.11. The minimum Gasteiger partial charge on any atom is -0.496 e. The van der Waals surface area contributed by atoms with Gasteiger partial charge in [-0.25, -0.2) is 13.2 Å². The summed E-state index contributed by atoms with van der Waals surface area (Å²) in [6.45, 7) is 0. The number of carbonyl (C=O) groups is 1. The van der Waals surface area contributed by atoms with Crippen molar-refractivity contribution in [2.45, 2.75) is 4.90 Å². The Morgan fingerprint density at radius 2 is 1.88 bits per heavy atom. The summed E-state index contributed by atoms with van der Waals surface area (Å²) >= 11 is 7.90. The predicted octanol–water partition coefficient (Wildman–Crippen LogP) is 3.54. The van der Waals surface area contributed by atoms with Crippen molar-refractivity contribution in [1.29, 1.82) is 0 Å². The highest BCUT2D eigenvalue weighted by molar-refractivity contribution is 14.1. The number of anilines is 1. The minimum absolute atomic E-state index is 0.0715. The lowest BCUT2D eigenvalue weighted by Gasteiger charge is -2.11. The van der Waals surface area contributed by atoms with Gasteiger partial charge in [-0.2, -0.15) is 0 Å². The highest BCUT2D eigenvalue weighted by atomic mass is 127. The fraction of sp³-hybridized carbons (Fsp3) is 0.133. The zero-order valence-electron chi connectivity index (χ0n) is 12.7. The number of benzene rings is 2. The van der Waals surface area contributed by atoms with Gasteiger partial charge in [0.1, 0.15) is 5.75 Å². The van der Waals surface area contributed by atoms with E-state index in [9.17, 15) is 13.2 Å². The molecule has 0 aliphatic heterocycles. The second-order valence-electron chi connectivity index (χ2n) is 4.59. The summed E-state index contributed by atoms with van der Waals surface area (Å²) in [5.41, 5.74) is 0.273. The van der Waals surface area contributed by atoms with Crippen LogP contribution < -0.4 is 9.46 Å². The molecule has 0 radical (unpaired) electrons. The zero-order chi connectivity index (χ0) is 17.9. The van der Waals surface area contributed by atoms with Gasteiger partial charge in [-0.05, 0) is 59.0 Å². The first-order valence-corrected chi connectivity index (χ1v) is 9.46. The van der Waals surface area contributed by atoms with Gasteiger partial charge < -0.3 is 9.47 Å². The van der Waals surface area contributed by atoms with E-state index in [0.29, 0.717) is 9.32 Å². The van der Waals surface area contributed by atoms with E-state index < -0.39 is 16.0 Å². The van der Waals surface area contributed by atoms with Gasteiger partial charge in [0.05, 0.1) is 33.3 Å². The SMILES string of the molecule is COC(=O)c1cc(NS(=O)(=O)c2ccc(OC)c(I)c2)ccc1Cl. The summed E-state index contributed by atoms with van der Waals surface area (Å²) in [4.78, 5) is 11.7. The number of hydrogen-bond donors (Lipinski definition) is 1. The van der Waals surface area contributed by atoms with Crippen molar-refractivity contribution < 1.29 is 22.7 Å². The highest BCUT2D eigenvalue weighted by Crippen LogP contribution is 2.27. The van der Waals surface area contributed by atoms with Crippen molar-refractivity contribution in [1.82, 2.24) is 0 Å².